The van der Waals surface area contributed by atoms with Crippen molar-refractivity contribution in [2.45, 2.75) is 18.9 Å². The number of thioether (sulfide) groups is 1. The highest BCUT2D eigenvalue weighted by molar-refractivity contribution is 7.99. The molecule has 7 heteroatoms. The maximum Gasteiger partial charge on any atom is 0.313 e. The first-order valence-corrected chi connectivity index (χ1v) is 7.13. The lowest BCUT2D eigenvalue weighted by atomic mass is 10.1. The van der Waals surface area contributed by atoms with E-state index in [2.05, 4.69) is 5.32 Å². The predicted molar refractivity (Wildman–Crippen MR) is 73.6 cm³/mol. The van der Waals surface area contributed by atoms with Crippen LogP contribution in [0.4, 0.5) is 15.8 Å². The number of halogens is 1. The number of nitro groups is 1. The summed E-state index contributed by atoms with van der Waals surface area (Å²) >= 11 is 1.88. The van der Waals surface area contributed by atoms with Crippen LogP contribution in [0.5, 0.6) is 5.75 Å². The Balaban J connectivity index is 2.22. The topological polar surface area (TPSA) is 64.4 Å². The van der Waals surface area contributed by atoms with Crippen LogP contribution < -0.4 is 10.1 Å². The van der Waals surface area contributed by atoms with Crippen LogP contribution >= 0.6 is 11.8 Å². The minimum atomic E-state index is -0.650. The molecule has 0 radical (unpaired) electrons. The predicted octanol–water partition coefficient (Wildman–Crippen LogP) is 3.05. The van der Waals surface area contributed by atoms with Gasteiger partial charge in [-0.25, -0.2) is 4.39 Å². The normalized spacial score (nSPS) is 16.1. The highest BCUT2D eigenvalue weighted by Gasteiger charge is 2.21. The molecule has 1 aromatic carbocycles. The molecule has 0 atom stereocenters. The monoisotopic (exact) mass is 286 g/mol. The fraction of sp³-hybridized carbons (Fsp3) is 0.500. The molecule has 5 nitrogen and oxygen atoms in total. The Morgan fingerprint density at radius 1 is 1.47 bits per heavy atom. The van der Waals surface area contributed by atoms with E-state index in [-0.39, 0.29) is 23.2 Å². The Bertz CT molecular complexity index is 478. The van der Waals surface area contributed by atoms with Crippen LogP contribution in [0.25, 0.3) is 0 Å². The number of benzene rings is 1. The van der Waals surface area contributed by atoms with Crippen LogP contribution in [0, 0.1) is 15.9 Å². The summed E-state index contributed by atoms with van der Waals surface area (Å²) < 4.78 is 18.8. The molecule has 1 saturated heterocycles. The first-order valence-electron chi connectivity index (χ1n) is 5.98. The standard InChI is InChI=1S/C12H15FN2O3S/c1-18-12-7-10(9(13)6-11(12)15(16)17)14-8-2-4-19-5-3-8/h6-8,14H,2-5H2,1H3. The van der Waals surface area contributed by atoms with E-state index in [1.54, 1.807) is 0 Å². The highest BCUT2D eigenvalue weighted by Crippen LogP contribution is 2.33. The Morgan fingerprint density at radius 3 is 2.74 bits per heavy atom. The van der Waals surface area contributed by atoms with E-state index in [1.807, 2.05) is 11.8 Å². The first kappa shape index (κ1) is 13.9. The van der Waals surface area contributed by atoms with Crippen molar-refractivity contribution in [3.63, 3.8) is 0 Å². The zero-order chi connectivity index (χ0) is 13.8. The molecule has 0 unspecified atom stereocenters. The van der Waals surface area contributed by atoms with Gasteiger partial charge in [0.2, 0.25) is 0 Å². The second kappa shape index (κ2) is 6.10. The quantitative estimate of drug-likeness (QED) is 0.680. The lowest BCUT2D eigenvalue weighted by Gasteiger charge is -2.24. The van der Waals surface area contributed by atoms with Crippen molar-refractivity contribution < 1.29 is 14.1 Å². The molecular formula is C12H15FN2O3S. The third-order valence-corrected chi connectivity index (χ3v) is 4.09. The lowest BCUT2D eigenvalue weighted by Crippen LogP contribution is -2.25. The maximum atomic E-state index is 13.9. The number of nitrogens with zero attached hydrogens (tertiary/aromatic N) is 1. The van der Waals surface area contributed by atoms with Crippen LogP contribution in [-0.2, 0) is 0 Å². The number of hydrogen-bond acceptors (Lipinski definition) is 5. The van der Waals surface area contributed by atoms with Crippen LogP contribution in [0.15, 0.2) is 12.1 Å². The second-order valence-corrected chi connectivity index (χ2v) is 5.52. The van der Waals surface area contributed by atoms with E-state index in [4.69, 9.17) is 4.74 Å². The van der Waals surface area contributed by atoms with Gasteiger partial charge in [-0.05, 0) is 24.3 Å². The van der Waals surface area contributed by atoms with E-state index in [1.165, 1.54) is 13.2 Å². The molecule has 1 aliphatic rings. The summed E-state index contributed by atoms with van der Waals surface area (Å²) in [6.45, 7) is 0. The van der Waals surface area contributed by atoms with E-state index in [0.29, 0.717) is 0 Å². The third kappa shape index (κ3) is 3.28. The molecule has 1 fully saturated rings. The van der Waals surface area contributed by atoms with Gasteiger partial charge in [-0.3, -0.25) is 10.1 Å². The Labute approximate surface area is 114 Å². The summed E-state index contributed by atoms with van der Waals surface area (Å²) in [4.78, 5) is 10.1. The van der Waals surface area contributed by atoms with E-state index in [9.17, 15) is 14.5 Å². The van der Waals surface area contributed by atoms with Crippen LogP contribution in [0.1, 0.15) is 12.8 Å². The van der Waals surface area contributed by atoms with Crippen molar-refractivity contribution in [3.8, 4) is 5.75 Å². The van der Waals surface area contributed by atoms with E-state index < -0.39 is 10.7 Å². The van der Waals surface area contributed by atoms with Gasteiger partial charge >= 0.3 is 5.69 Å². The number of rotatable bonds is 4. The van der Waals surface area contributed by atoms with Gasteiger partial charge in [-0.2, -0.15) is 11.8 Å². The summed E-state index contributed by atoms with van der Waals surface area (Å²) in [5.74, 6) is 1.54. The molecule has 1 aliphatic heterocycles. The minimum Gasteiger partial charge on any atom is -0.490 e. The summed E-state index contributed by atoms with van der Waals surface area (Å²) in [5.41, 5.74) is -0.0934. The fourth-order valence-corrected chi connectivity index (χ4v) is 3.13. The number of anilines is 1. The molecule has 0 amide bonds. The Morgan fingerprint density at radius 2 is 2.16 bits per heavy atom. The van der Waals surface area contributed by atoms with Crippen molar-refractivity contribution in [2.75, 3.05) is 23.9 Å². The van der Waals surface area contributed by atoms with Crippen LogP contribution in [0.2, 0.25) is 0 Å². The van der Waals surface area contributed by atoms with Gasteiger partial charge in [-0.15, -0.1) is 0 Å². The lowest BCUT2D eigenvalue weighted by molar-refractivity contribution is -0.385. The van der Waals surface area contributed by atoms with Gasteiger partial charge in [0.25, 0.3) is 0 Å². The number of hydrogen-bond donors (Lipinski definition) is 1. The molecule has 19 heavy (non-hydrogen) atoms. The number of nitro benzene ring substituents is 1. The largest absolute Gasteiger partial charge is 0.490 e. The molecule has 0 aliphatic carbocycles. The molecule has 0 bridgehead atoms. The van der Waals surface area contributed by atoms with Crippen LogP contribution in [-0.4, -0.2) is 29.6 Å². The summed E-state index contributed by atoms with van der Waals surface area (Å²) in [7, 11) is 1.33. The van der Waals surface area contributed by atoms with Gasteiger partial charge in [0.05, 0.1) is 23.8 Å². The Hall–Kier alpha value is -1.50. The van der Waals surface area contributed by atoms with Crippen molar-refractivity contribution >= 4 is 23.1 Å². The second-order valence-electron chi connectivity index (χ2n) is 4.29. The number of ether oxygens (including phenoxy) is 1. The molecule has 0 aromatic heterocycles. The van der Waals surface area contributed by atoms with Gasteiger partial charge in [-0.1, -0.05) is 0 Å². The molecule has 1 aromatic rings. The smallest absolute Gasteiger partial charge is 0.313 e. The summed E-state index contributed by atoms with van der Waals surface area (Å²) in [6.07, 6.45) is 1.92. The van der Waals surface area contributed by atoms with Gasteiger partial charge in [0.1, 0.15) is 0 Å². The zero-order valence-electron chi connectivity index (χ0n) is 10.5. The summed E-state index contributed by atoms with van der Waals surface area (Å²) in [6, 6.07) is 2.47. The third-order valence-electron chi connectivity index (χ3n) is 3.05. The highest BCUT2D eigenvalue weighted by atomic mass is 32.2. The van der Waals surface area contributed by atoms with Crippen molar-refractivity contribution in [3.05, 3.63) is 28.1 Å². The van der Waals surface area contributed by atoms with Crippen LogP contribution in [0.3, 0.4) is 0 Å². The molecule has 1 heterocycles. The first-order chi connectivity index (χ1) is 9.11. The maximum absolute atomic E-state index is 13.9. The average Bonchev–Trinajstić information content (AvgIpc) is 2.41. The summed E-state index contributed by atoms with van der Waals surface area (Å²) in [5, 5.41) is 13.9. The van der Waals surface area contributed by atoms with Crippen molar-refractivity contribution in [1.82, 2.24) is 0 Å². The molecule has 104 valence electrons. The van der Waals surface area contributed by atoms with E-state index >= 15 is 0 Å². The number of methoxy groups -OCH3 is 1. The van der Waals surface area contributed by atoms with Crippen molar-refractivity contribution in [1.29, 1.82) is 0 Å². The molecule has 1 N–H and O–H groups in total. The molecule has 0 spiro atoms. The van der Waals surface area contributed by atoms with Gasteiger partial charge in [0.15, 0.2) is 11.6 Å². The Kier molecular flexibility index (Phi) is 4.47. The van der Waals surface area contributed by atoms with Gasteiger partial charge < -0.3 is 10.1 Å². The number of nitrogens with one attached hydrogen (secondary N) is 1. The SMILES string of the molecule is COc1cc(NC2CCSCC2)c(F)cc1[N+](=O)[O-]. The van der Waals surface area contributed by atoms with E-state index in [0.717, 1.165) is 30.4 Å². The molecular weight excluding hydrogens is 271 g/mol. The van der Waals surface area contributed by atoms with Crippen molar-refractivity contribution in [2.24, 2.45) is 0 Å². The zero-order valence-corrected chi connectivity index (χ0v) is 11.3. The fourth-order valence-electron chi connectivity index (χ4n) is 2.02. The molecule has 2 rings (SSSR count). The average molecular weight is 286 g/mol. The molecule has 0 saturated carbocycles. The van der Waals surface area contributed by atoms with Gasteiger partial charge in [0, 0.05) is 12.1 Å². The minimum absolute atomic E-state index is 0.0686.